The highest BCUT2D eigenvalue weighted by molar-refractivity contribution is 7.11. The Labute approximate surface area is 129 Å². The Kier molecular flexibility index (Phi) is 4.03. The maximum Gasteiger partial charge on any atom is 0.146 e. The third kappa shape index (κ3) is 2.99. The molecule has 0 radical (unpaired) electrons. The van der Waals surface area contributed by atoms with Crippen LogP contribution in [0.2, 0.25) is 0 Å². The molecule has 0 bridgehead atoms. The first-order valence-electron chi connectivity index (χ1n) is 6.44. The van der Waals surface area contributed by atoms with Crippen LogP contribution in [0, 0.1) is 18.6 Å². The summed E-state index contributed by atoms with van der Waals surface area (Å²) in [7, 11) is 0. The van der Waals surface area contributed by atoms with Crippen molar-refractivity contribution >= 4 is 28.4 Å². The number of hydrogen-bond acceptors (Lipinski definition) is 3. The molecule has 21 heavy (non-hydrogen) atoms. The predicted octanol–water partition coefficient (Wildman–Crippen LogP) is 5.60. The summed E-state index contributed by atoms with van der Waals surface area (Å²) in [5, 5.41) is 7.08. The van der Waals surface area contributed by atoms with E-state index in [1.54, 1.807) is 29.6 Å². The molecule has 108 valence electrons. The van der Waals surface area contributed by atoms with Gasteiger partial charge in [0.05, 0.1) is 11.7 Å². The Morgan fingerprint density at radius 1 is 0.952 bits per heavy atom. The summed E-state index contributed by atoms with van der Waals surface area (Å²) in [6.07, 6.45) is 0. The molecule has 0 aliphatic carbocycles. The van der Waals surface area contributed by atoms with Crippen molar-refractivity contribution in [1.82, 2.24) is 0 Å². The molecule has 2 aromatic heterocycles. The van der Waals surface area contributed by atoms with Crippen molar-refractivity contribution in [1.29, 1.82) is 0 Å². The largest absolute Gasteiger partial charge is 0.370 e. The monoisotopic (exact) mass is 321 g/mol. The van der Waals surface area contributed by atoms with Gasteiger partial charge in [0, 0.05) is 15.8 Å². The highest BCUT2D eigenvalue weighted by Gasteiger charge is 2.18. The Bertz CT molecular complexity index is 687. The Hall–Kier alpha value is -1.72. The van der Waals surface area contributed by atoms with E-state index in [-0.39, 0.29) is 11.7 Å². The smallest absolute Gasteiger partial charge is 0.146 e. The molecule has 3 rings (SSSR count). The lowest BCUT2D eigenvalue weighted by atomic mass is 10.1. The molecule has 0 atom stereocenters. The molecule has 5 heteroatoms. The third-order valence-electron chi connectivity index (χ3n) is 3.20. The normalized spacial score (nSPS) is 11.0. The first-order chi connectivity index (χ1) is 10.1. The van der Waals surface area contributed by atoms with Crippen molar-refractivity contribution in [3.63, 3.8) is 0 Å². The lowest BCUT2D eigenvalue weighted by Gasteiger charge is -2.18. The van der Waals surface area contributed by atoms with Gasteiger partial charge in [-0.15, -0.1) is 22.7 Å². The average Bonchev–Trinajstić information content (AvgIpc) is 3.14. The number of benzene rings is 1. The molecule has 1 nitrogen and oxygen atoms in total. The number of rotatable bonds is 4. The Balaban J connectivity index is 1.98. The second kappa shape index (κ2) is 5.95. The van der Waals surface area contributed by atoms with Crippen LogP contribution in [0.3, 0.4) is 0 Å². The molecule has 0 amide bonds. The van der Waals surface area contributed by atoms with Crippen LogP contribution in [0.15, 0.2) is 47.2 Å². The summed E-state index contributed by atoms with van der Waals surface area (Å²) in [4.78, 5) is 2.13. The standard InChI is InChI=1S/C16H13F2NS2/c1-10-8-12(18)13(9-11(10)17)19-16(14-4-2-6-20-14)15-5-3-7-21-15/h2-9,16,19H,1H3. The number of aryl methyl sites for hydroxylation is 1. The second-order valence-corrected chi connectivity index (χ2v) is 6.65. The Morgan fingerprint density at radius 3 is 2.10 bits per heavy atom. The highest BCUT2D eigenvalue weighted by atomic mass is 32.1. The quantitative estimate of drug-likeness (QED) is 0.660. The van der Waals surface area contributed by atoms with Gasteiger partial charge in [0.1, 0.15) is 11.6 Å². The van der Waals surface area contributed by atoms with Gasteiger partial charge in [-0.2, -0.15) is 0 Å². The SMILES string of the molecule is Cc1cc(F)c(NC(c2cccs2)c2cccs2)cc1F. The van der Waals surface area contributed by atoms with Crippen molar-refractivity contribution in [2.45, 2.75) is 13.0 Å². The van der Waals surface area contributed by atoms with E-state index in [1.807, 2.05) is 35.0 Å². The first kappa shape index (κ1) is 14.2. The van der Waals surface area contributed by atoms with Crippen molar-refractivity contribution < 1.29 is 8.78 Å². The fraction of sp³-hybridized carbons (Fsp3) is 0.125. The predicted molar refractivity (Wildman–Crippen MR) is 85.2 cm³/mol. The molecule has 0 aliphatic rings. The van der Waals surface area contributed by atoms with Crippen LogP contribution < -0.4 is 5.32 Å². The van der Waals surface area contributed by atoms with E-state index in [2.05, 4.69) is 5.32 Å². The molecule has 0 fully saturated rings. The number of halogens is 2. The van der Waals surface area contributed by atoms with Crippen LogP contribution in [-0.2, 0) is 0 Å². The number of nitrogens with one attached hydrogen (secondary N) is 1. The summed E-state index contributed by atoms with van der Waals surface area (Å²) in [6, 6.07) is 10.2. The lowest BCUT2D eigenvalue weighted by molar-refractivity contribution is 0.593. The molecule has 0 unspecified atom stereocenters. The van der Waals surface area contributed by atoms with Gasteiger partial charge in [-0.1, -0.05) is 12.1 Å². The van der Waals surface area contributed by atoms with E-state index in [0.29, 0.717) is 5.56 Å². The van der Waals surface area contributed by atoms with Crippen LogP contribution in [0.5, 0.6) is 0 Å². The first-order valence-corrected chi connectivity index (χ1v) is 8.20. The molecule has 2 heterocycles. The van der Waals surface area contributed by atoms with Gasteiger partial charge in [0.25, 0.3) is 0 Å². The lowest BCUT2D eigenvalue weighted by Crippen LogP contribution is -2.11. The maximum atomic E-state index is 14.1. The minimum Gasteiger partial charge on any atom is -0.370 e. The van der Waals surface area contributed by atoms with Crippen molar-refractivity contribution in [3.05, 3.63) is 74.1 Å². The van der Waals surface area contributed by atoms with Crippen LogP contribution in [0.4, 0.5) is 14.5 Å². The summed E-state index contributed by atoms with van der Waals surface area (Å²) in [6.45, 7) is 1.55. The summed E-state index contributed by atoms with van der Waals surface area (Å²) in [5.41, 5.74) is 0.492. The van der Waals surface area contributed by atoms with Gasteiger partial charge >= 0.3 is 0 Å². The fourth-order valence-corrected chi connectivity index (χ4v) is 3.77. The topological polar surface area (TPSA) is 12.0 Å². The van der Waals surface area contributed by atoms with Gasteiger partial charge in [0.15, 0.2) is 0 Å². The zero-order chi connectivity index (χ0) is 14.8. The van der Waals surface area contributed by atoms with E-state index in [1.165, 1.54) is 12.1 Å². The molecular formula is C16H13F2NS2. The van der Waals surface area contributed by atoms with Gasteiger partial charge in [-0.3, -0.25) is 0 Å². The van der Waals surface area contributed by atoms with Crippen molar-refractivity contribution in [2.75, 3.05) is 5.32 Å². The molecule has 1 N–H and O–H groups in total. The van der Waals surface area contributed by atoms with Crippen LogP contribution in [-0.4, -0.2) is 0 Å². The average molecular weight is 321 g/mol. The molecule has 0 saturated heterocycles. The molecule has 1 aromatic carbocycles. The summed E-state index contributed by atoms with van der Waals surface area (Å²) in [5.74, 6) is -0.845. The van der Waals surface area contributed by atoms with Gasteiger partial charge < -0.3 is 5.32 Å². The summed E-state index contributed by atoms with van der Waals surface area (Å²) >= 11 is 3.18. The third-order valence-corrected chi connectivity index (χ3v) is 5.08. The van der Waals surface area contributed by atoms with Gasteiger partial charge in [0.2, 0.25) is 0 Å². The van der Waals surface area contributed by atoms with E-state index in [9.17, 15) is 8.78 Å². The molecule has 0 spiro atoms. The minimum absolute atomic E-state index is 0.165. The minimum atomic E-state index is -0.438. The highest BCUT2D eigenvalue weighted by Crippen LogP contribution is 2.33. The van der Waals surface area contributed by atoms with Crippen LogP contribution >= 0.6 is 22.7 Å². The molecule has 0 saturated carbocycles. The molecule has 3 aromatic rings. The van der Waals surface area contributed by atoms with Gasteiger partial charge in [-0.25, -0.2) is 8.78 Å². The molecular weight excluding hydrogens is 308 g/mol. The van der Waals surface area contributed by atoms with Gasteiger partial charge in [-0.05, 0) is 41.4 Å². The van der Waals surface area contributed by atoms with E-state index >= 15 is 0 Å². The molecule has 0 aliphatic heterocycles. The number of thiophene rings is 2. The van der Waals surface area contributed by atoms with E-state index in [0.717, 1.165) is 9.75 Å². The second-order valence-electron chi connectivity index (χ2n) is 4.69. The number of anilines is 1. The Morgan fingerprint density at radius 2 is 1.57 bits per heavy atom. The maximum absolute atomic E-state index is 14.1. The number of hydrogen-bond donors (Lipinski definition) is 1. The summed E-state index contributed by atoms with van der Waals surface area (Å²) < 4.78 is 27.7. The van der Waals surface area contributed by atoms with E-state index < -0.39 is 11.6 Å². The zero-order valence-corrected chi connectivity index (χ0v) is 12.9. The van der Waals surface area contributed by atoms with Crippen LogP contribution in [0.25, 0.3) is 0 Å². The van der Waals surface area contributed by atoms with E-state index in [4.69, 9.17) is 0 Å². The van der Waals surface area contributed by atoms with Crippen LogP contribution in [0.1, 0.15) is 21.4 Å². The van der Waals surface area contributed by atoms with Crippen molar-refractivity contribution in [2.24, 2.45) is 0 Å². The van der Waals surface area contributed by atoms with Crippen molar-refractivity contribution in [3.8, 4) is 0 Å². The fourth-order valence-electron chi connectivity index (χ4n) is 2.11. The zero-order valence-electron chi connectivity index (χ0n) is 11.3.